The van der Waals surface area contributed by atoms with Crippen LogP contribution in [0.5, 0.6) is 0 Å². The molecule has 1 aromatic rings. The lowest BCUT2D eigenvalue weighted by Gasteiger charge is -2.32. The second kappa shape index (κ2) is 5.58. The van der Waals surface area contributed by atoms with Crippen molar-refractivity contribution in [1.82, 2.24) is 14.5 Å². The molecular formula is C12H19N3OS. The van der Waals surface area contributed by atoms with Crippen molar-refractivity contribution in [3.63, 3.8) is 0 Å². The van der Waals surface area contributed by atoms with E-state index in [1.807, 2.05) is 30.6 Å². The zero-order chi connectivity index (χ0) is 12.3. The maximum absolute atomic E-state index is 11.9. The number of carbonyl (C=O) groups is 1. The number of rotatable bonds is 3. The number of thioether (sulfide) groups is 1. The molecule has 1 atom stereocenters. The third kappa shape index (κ3) is 2.83. The minimum Gasteiger partial charge on any atom is -0.341 e. The van der Waals surface area contributed by atoms with Gasteiger partial charge in [0.1, 0.15) is 5.82 Å². The van der Waals surface area contributed by atoms with Gasteiger partial charge in [-0.1, -0.05) is 0 Å². The topological polar surface area (TPSA) is 38.1 Å². The summed E-state index contributed by atoms with van der Waals surface area (Å²) in [5.41, 5.74) is 0. The van der Waals surface area contributed by atoms with E-state index in [0.717, 1.165) is 31.8 Å². The Labute approximate surface area is 106 Å². The number of hydrogen-bond donors (Lipinski definition) is 0. The number of carbonyl (C=O) groups excluding carboxylic acids is 1. The molecule has 0 radical (unpaired) electrons. The van der Waals surface area contributed by atoms with Gasteiger partial charge in [-0.15, -0.1) is 0 Å². The van der Waals surface area contributed by atoms with Crippen molar-refractivity contribution in [3.8, 4) is 0 Å². The molecule has 17 heavy (non-hydrogen) atoms. The van der Waals surface area contributed by atoms with Gasteiger partial charge in [-0.25, -0.2) is 4.98 Å². The third-order valence-corrected chi connectivity index (χ3v) is 3.80. The van der Waals surface area contributed by atoms with Gasteiger partial charge in [0.05, 0.1) is 5.75 Å². The number of hydrogen-bond acceptors (Lipinski definition) is 3. The van der Waals surface area contributed by atoms with Gasteiger partial charge in [-0.05, 0) is 19.1 Å². The molecule has 0 bridgehead atoms. The molecule has 0 saturated carbocycles. The van der Waals surface area contributed by atoms with Crippen molar-refractivity contribution >= 4 is 17.7 Å². The standard InChI is InChI=1S/C12H19N3OS/c1-14-7-5-13-12(14)10-4-3-6-15(8-10)11(16)9-17-2/h5,7,10H,3-4,6,8-9H2,1-2H3/t10-/m1/s1. The van der Waals surface area contributed by atoms with Crippen LogP contribution in [0.2, 0.25) is 0 Å². The van der Waals surface area contributed by atoms with E-state index in [0.29, 0.717) is 11.7 Å². The highest BCUT2D eigenvalue weighted by molar-refractivity contribution is 7.99. The molecule has 1 aromatic heterocycles. The number of piperidine rings is 1. The lowest BCUT2D eigenvalue weighted by Crippen LogP contribution is -2.40. The average Bonchev–Trinajstić information content (AvgIpc) is 2.76. The van der Waals surface area contributed by atoms with Crippen molar-refractivity contribution in [3.05, 3.63) is 18.2 Å². The highest BCUT2D eigenvalue weighted by atomic mass is 32.2. The summed E-state index contributed by atoms with van der Waals surface area (Å²) in [5, 5.41) is 0. The first-order chi connectivity index (χ1) is 8.22. The molecule has 1 aliphatic heterocycles. The smallest absolute Gasteiger partial charge is 0.232 e. The normalized spacial score (nSPS) is 20.6. The number of nitrogens with zero attached hydrogens (tertiary/aromatic N) is 3. The minimum absolute atomic E-state index is 0.261. The first kappa shape index (κ1) is 12.5. The van der Waals surface area contributed by atoms with Gasteiger partial charge in [-0.2, -0.15) is 11.8 Å². The van der Waals surface area contributed by atoms with E-state index < -0.39 is 0 Å². The van der Waals surface area contributed by atoms with Crippen molar-refractivity contribution < 1.29 is 4.79 Å². The number of aromatic nitrogens is 2. The molecule has 0 spiro atoms. The van der Waals surface area contributed by atoms with Crippen molar-refractivity contribution in [1.29, 1.82) is 0 Å². The van der Waals surface area contributed by atoms with Crippen molar-refractivity contribution in [2.75, 3.05) is 25.1 Å². The summed E-state index contributed by atoms with van der Waals surface area (Å²) in [4.78, 5) is 18.3. The van der Waals surface area contributed by atoms with Gasteiger partial charge in [-0.3, -0.25) is 4.79 Å². The van der Waals surface area contributed by atoms with E-state index >= 15 is 0 Å². The van der Waals surface area contributed by atoms with E-state index in [1.165, 1.54) is 0 Å². The summed E-state index contributed by atoms with van der Waals surface area (Å²) < 4.78 is 2.06. The molecular weight excluding hydrogens is 234 g/mol. The molecule has 1 fully saturated rings. The third-order valence-electron chi connectivity index (χ3n) is 3.27. The molecule has 2 rings (SSSR count). The Morgan fingerprint density at radius 1 is 1.65 bits per heavy atom. The fourth-order valence-electron chi connectivity index (χ4n) is 2.40. The minimum atomic E-state index is 0.261. The first-order valence-electron chi connectivity index (χ1n) is 5.96. The van der Waals surface area contributed by atoms with Crippen LogP contribution < -0.4 is 0 Å². The SMILES string of the molecule is CSCC(=O)N1CCC[C@@H](c2nccn2C)C1. The van der Waals surface area contributed by atoms with E-state index in [1.54, 1.807) is 11.8 Å². The summed E-state index contributed by atoms with van der Waals surface area (Å²) >= 11 is 1.59. The zero-order valence-corrected chi connectivity index (χ0v) is 11.2. The Balaban J connectivity index is 2.02. The molecule has 0 aliphatic carbocycles. The van der Waals surface area contributed by atoms with Crippen LogP contribution in [-0.4, -0.2) is 45.5 Å². The lowest BCUT2D eigenvalue weighted by atomic mass is 9.97. The van der Waals surface area contributed by atoms with Crippen molar-refractivity contribution in [2.24, 2.45) is 7.05 Å². The number of aryl methyl sites for hydroxylation is 1. The molecule has 0 N–H and O–H groups in total. The number of likely N-dealkylation sites (tertiary alicyclic amines) is 1. The maximum atomic E-state index is 11.9. The van der Waals surface area contributed by atoms with Crippen LogP contribution in [0.1, 0.15) is 24.6 Å². The van der Waals surface area contributed by atoms with Gasteiger partial charge in [0.15, 0.2) is 0 Å². The summed E-state index contributed by atoms with van der Waals surface area (Å²) in [5.74, 6) is 2.35. The van der Waals surface area contributed by atoms with Crippen LogP contribution in [0.4, 0.5) is 0 Å². The summed E-state index contributed by atoms with van der Waals surface area (Å²) in [6.07, 6.45) is 7.99. The lowest BCUT2D eigenvalue weighted by molar-refractivity contribution is -0.129. The van der Waals surface area contributed by atoms with Gasteiger partial charge in [0.25, 0.3) is 0 Å². The largest absolute Gasteiger partial charge is 0.341 e. The van der Waals surface area contributed by atoms with E-state index in [-0.39, 0.29) is 5.91 Å². The average molecular weight is 253 g/mol. The maximum Gasteiger partial charge on any atom is 0.232 e. The molecule has 0 aromatic carbocycles. The Bertz CT molecular complexity index is 391. The summed E-state index contributed by atoms with van der Waals surface area (Å²) in [7, 11) is 2.02. The van der Waals surface area contributed by atoms with E-state index in [4.69, 9.17) is 0 Å². The molecule has 1 aliphatic rings. The van der Waals surface area contributed by atoms with Crippen LogP contribution in [0.25, 0.3) is 0 Å². The van der Waals surface area contributed by atoms with Crippen molar-refractivity contribution in [2.45, 2.75) is 18.8 Å². The Morgan fingerprint density at radius 3 is 3.12 bits per heavy atom. The van der Waals surface area contributed by atoms with Crippen LogP contribution in [0, 0.1) is 0 Å². The Kier molecular flexibility index (Phi) is 4.10. The second-order valence-corrected chi connectivity index (χ2v) is 5.37. The Hall–Kier alpha value is -0.970. The quantitative estimate of drug-likeness (QED) is 0.819. The van der Waals surface area contributed by atoms with E-state index in [9.17, 15) is 4.79 Å². The van der Waals surface area contributed by atoms with Gasteiger partial charge in [0, 0.05) is 38.4 Å². The summed E-state index contributed by atoms with van der Waals surface area (Å²) in [6, 6.07) is 0. The van der Waals surface area contributed by atoms with Crippen LogP contribution >= 0.6 is 11.8 Å². The van der Waals surface area contributed by atoms with Crippen LogP contribution in [-0.2, 0) is 11.8 Å². The van der Waals surface area contributed by atoms with E-state index in [2.05, 4.69) is 9.55 Å². The van der Waals surface area contributed by atoms with Gasteiger partial charge >= 0.3 is 0 Å². The fraction of sp³-hybridized carbons (Fsp3) is 0.667. The number of amides is 1. The zero-order valence-electron chi connectivity index (χ0n) is 10.4. The number of imidazole rings is 1. The highest BCUT2D eigenvalue weighted by Crippen LogP contribution is 2.25. The molecule has 1 amide bonds. The first-order valence-corrected chi connectivity index (χ1v) is 7.35. The molecule has 4 nitrogen and oxygen atoms in total. The predicted octanol–water partition coefficient (Wildman–Crippen LogP) is 1.49. The summed E-state index contributed by atoms with van der Waals surface area (Å²) in [6.45, 7) is 1.73. The molecule has 5 heteroatoms. The predicted molar refractivity (Wildman–Crippen MR) is 70.1 cm³/mol. The molecule has 2 heterocycles. The highest BCUT2D eigenvalue weighted by Gasteiger charge is 2.26. The fourth-order valence-corrected chi connectivity index (χ4v) is 2.83. The Morgan fingerprint density at radius 2 is 2.47 bits per heavy atom. The van der Waals surface area contributed by atoms with Crippen LogP contribution in [0.15, 0.2) is 12.4 Å². The van der Waals surface area contributed by atoms with Gasteiger partial charge in [0.2, 0.25) is 5.91 Å². The van der Waals surface area contributed by atoms with Gasteiger partial charge < -0.3 is 9.47 Å². The monoisotopic (exact) mass is 253 g/mol. The molecule has 0 unspecified atom stereocenters. The second-order valence-electron chi connectivity index (χ2n) is 4.51. The molecule has 94 valence electrons. The van der Waals surface area contributed by atoms with Crippen LogP contribution in [0.3, 0.4) is 0 Å². The molecule has 1 saturated heterocycles.